The fourth-order valence-electron chi connectivity index (χ4n) is 3.76. The van der Waals surface area contributed by atoms with Crippen molar-refractivity contribution < 1.29 is 18.8 Å². The Morgan fingerprint density at radius 1 is 1.26 bits per heavy atom. The summed E-state index contributed by atoms with van der Waals surface area (Å²) in [6.45, 7) is 7.59. The Morgan fingerprint density at radius 2 is 2.07 bits per heavy atom. The van der Waals surface area contributed by atoms with Gasteiger partial charge in [-0.1, -0.05) is 32.0 Å². The molecule has 0 spiro atoms. The second-order valence-electron chi connectivity index (χ2n) is 8.13. The lowest BCUT2D eigenvalue weighted by atomic mass is 9.76. The Balaban J connectivity index is 1.46. The number of nitrogens with zero attached hydrogens (tertiary/aromatic N) is 3. The van der Waals surface area contributed by atoms with Gasteiger partial charge in [0.25, 0.3) is 0 Å². The van der Waals surface area contributed by atoms with Gasteiger partial charge >= 0.3 is 0 Å². The van der Waals surface area contributed by atoms with Crippen LogP contribution in [0.25, 0.3) is 0 Å². The summed E-state index contributed by atoms with van der Waals surface area (Å²) in [5.41, 5.74) is 1.18. The summed E-state index contributed by atoms with van der Waals surface area (Å²) in [6.07, 6.45) is 2.27. The van der Waals surface area contributed by atoms with Gasteiger partial charge in [-0.15, -0.1) is 0 Å². The number of benzene rings is 1. The predicted octanol–water partition coefficient (Wildman–Crippen LogP) is 3.29. The van der Waals surface area contributed by atoms with E-state index in [2.05, 4.69) is 23.1 Å². The number of carbonyl (C=O) groups excluding carboxylic acids is 1. The molecule has 144 valence electrons. The van der Waals surface area contributed by atoms with Crippen molar-refractivity contribution in [3.8, 4) is 11.5 Å². The standard InChI is InChI=1S/C20H25N3O4/c1-13(2)19-21-17(22-27-19)10-23-11-20(3,7-6-18(23)24)9-14-4-5-15-16(8-14)26-12-25-15/h4-5,8,13H,6-7,9-12H2,1-3H3/t20-/m0/s1. The average molecular weight is 371 g/mol. The lowest BCUT2D eigenvalue weighted by molar-refractivity contribution is -0.138. The highest BCUT2D eigenvalue weighted by molar-refractivity contribution is 5.77. The number of piperidine rings is 1. The van der Waals surface area contributed by atoms with E-state index in [-0.39, 0.29) is 24.0 Å². The van der Waals surface area contributed by atoms with E-state index in [0.29, 0.717) is 31.2 Å². The Morgan fingerprint density at radius 3 is 2.85 bits per heavy atom. The summed E-state index contributed by atoms with van der Waals surface area (Å²) < 4.78 is 16.1. The van der Waals surface area contributed by atoms with Crippen molar-refractivity contribution in [3.05, 3.63) is 35.5 Å². The third-order valence-corrected chi connectivity index (χ3v) is 5.25. The molecule has 7 nitrogen and oxygen atoms in total. The van der Waals surface area contributed by atoms with Crippen LogP contribution in [0, 0.1) is 5.41 Å². The Hall–Kier alpha value is -2.57. The molecule has 2 aliphatic rings. The molecule has 2 aromatic rings. The van der Waals surface area contributed by atoms with Crippen LogP contribution in [0.15, 0.2) is 22.7 Å². The van der Waals surface area contributed by atoms with Crippen LogP contribution in [0.4, 0.5) is 0 Å². The molecular weight excluding hydrogens is 346 g/mol. The van der Waals surface area contributed by atoms with Gasteiger partial charge in [-0.05, 0) is 36.0 Å². The van der Waals surface area contributed by atoms with Crippen molar-refractivity contribution >= 4 is 5.91 Å². The van der Waals surface area contributed by atoms with Gasteiger partial charge in [-0.3, -0.25) is 4.79 Å². The maximum absolute atomic E-state index is 12.4. The number of aromatic nitrogens is 2. The number of likely N-dealkylation sites (tertiary alicyclic amines) is 1. The van der Waals surface area contributed by atoms with Crippen LogP contribution in [0.3, 0.4) is 0 Å². The van der Waals surface area contributed by atoms with Gasteiger partial charge in [0.15, 0.2) is 17.3 Å². The van der Waals surface area contributed by atoms with E-state index in [1.54, 1.807) is 0 Å². The highest BCUT2D eigenvalue weighted by atomic mass is 16.7. The number of ether oxygens (including phenoxy) is 2. The van der Waals surface area contributed by atoms with E-state index in [1.165, 1.54) is 5.56 Å². The largest absolute Gasteiger partial charge is 0.454 e. The van der Waals surface area contributed by atoms with Gasteiger partial charge in [0.2, 0.25) is 18.6 Å². The van der Waals surface area contributed by atoms with E-state index in [9.17, 15) is 4.79 Å². The number of hydrogen-bond donors (Lipinski definition) is 0. The van der Waals surface area contributed by atoms with Crippen LogP contribution < -0.4 is 9.47 Å². The second-order valence-corrected chi connectivity index (χ2v) is 8.13. The molecule has 1 amide bonds. The van der Waals surface area contributed by atoms with Crippen molar-refractivity contribution in [2.45, 2.75) is 52.5 Å². The summed E-state index contributed by atoms with van der Waals surface area (Å²) in [6, 6.07) is 6.08. The van der Waals surface area contributed by atoms with Gasteiger partial charge in [0, 0.05) is 18.9 Å². The van der Waals surface area contributed by atoms with Crippen LogP contribution >= 0.6 is 0 Å². The summed E-state index contributed by atoms with van der Waals surface area (Å²) in [5, 5.41) is 4.03. The molecule has 2 aliphatic heterocycles. The lowest BCUT2D eigenvalue weighted by Crippen LogP contribution is -2.45. The molecule has 0 N–H and O–H groups in total. The van der Waals surface area contributed by atoms with Crippen LogP contribution in [0.2, 0.25) is 0 Å². The molecular formula is C20H25N3O4. The molecule has 3 heterocycles. The fraction of sp³-hybridized carbons (Fsp3) is 0.550. The summed E-state index contributed by atoms with van der Waals surface area (Å²) in [4.78, 5) is 18.7. The van der Waals surface area contributed by atoms with Crippen LogP contribution in [-0.4, -0.2) is 34.3 Å². The molecule has 7 heteroatoms. The topological polar surface area (TPSA) is 77.7 Å². The molecule has 0 aliphatic carbocycles. The zero-order valence-electron chi connectivity index (χ0n) is 16.0. The third kappa shape index (κ3) is 3.77. The van der Waals surface area contributed by atoms with Crippen molar-refractivity contribution in [3.63, 3.8) is 0 Å². The predicted molar refractivity (Wildman–Crippen MR) is 97.4 cm³/mol. The molecule has 0 radical (unpaired) electrons. The van der Waals surface area contributed by atoms with Crippen LogP contribution in [-0.2, 0) is 17.8 Å². The first-order valence-corrected chi connectivity index (χ1v) is 9.41. The highest BCUT2D eigenvalue weighted by Crippen LogP contribution is 2.38. The van der Waals surface area contributed by atoms with E-state index in [1.807, 2.05) is 30.9 Å². The number of fused-ring (bicyclic) bond motifs is 1. The molecule has 1 aromatic heterocycles. The molecule has 1 aromatic carbocycles. The third-order valence-electron chi connectivity index (χ3n) is 5.25. The number of rotatable bonds is 5. The molecule has 1 saturated heterocycles. The van der Waals surface area contributed by atoms with Crippen LogP contribution in [0.1, 0.15) is 56.8 Å². The molecule has 0 bridgehead atoms. The van der Waals surface area contributed by atoms with Gasteiger partial charge in [-0.25, -0.2) is 0 Å². The van der Waals surface area contributed by atoms with Crippen LogP contribution in [0.5, 0.6) is 11.5 Å². The van der Waals surface area contributed by atoms with E-state index in [0.717, 1.165) is 24.3 Å². The minimum absolute atomic E-state index is 0.00772. The van der Waals surface area contributed by atoms with Gasteiger partial charge in [0.1, 0.15) is 0 Å². The monoisotopic (exact) mass is 371 g/mol. The van der Waals surface area contributed by atoms with Crippen molar-refractivity contribution in [1.29, 1.82) is 0 Å². The molecule has 27 heavy (non-hydrogen) atoms. The normalized spacial score (nSPS) is 21.9. The average Bonchev–Trinajstić information content (AvgIpc) is 3.27. The van der Waals surface area contributed by atoms with E-state index in [4.69, 9.17) is 14.0 Å². The van der Waals surface area contributed by atoms with E-state index < -0.39 is 0 Å². The summed E-state index contributed by atoms with van der Waals surface area (Å²) in [5.74, 6) is 3.10. The summed E-state index contributed by atoms with van der Waals surface area (Å²) >= 11 is 0. The highest BCUT2D eigenvalue weighted by Gasteiger charge is 2.36. The molecule has 1 atom stereocenters. The maximum Gasteiger partial charge on any atom is 0.231 e. The second kappa shape index (κ2) is 6.87. The Kier molecular flexibility index (Phi) is 4.53. The zero-order chi connectivity index (χ0) is 19.0. The maximum atomic E-state index is 12.4. The Bertz CT molecular complexity index is 848. The molecule has 4 rings (SSSR count). The van der Waals surface area contributed by atoms with Gasteiger partial charge < -0.3 is 18.9 Å². The van der Waals surface area contributed by atoms with Gasteiger partial charge in [-0.2, -0.15) is 4.98 Å². The van der Waals surface area contributed by atoms with Crippen molar-refractivity contribution in [2.24, 2.45) is 5.41 Å². The lowest BCUT2D eigenvalue weighted by Gasteiger charge is -2.40. The number of hydrogen-bond acceptors (Lipinski definition) is 6. The molecule has 0 unspecified atom stereocenters. The minimum Gasteiger partial charge on any atom is -0.454 e. The summed E-state index contributed by atoms with van der Waals surface area (Å²) in [7, 11) is 0. The van der Waals surface area contributed by atoms with E-state index >= 15 is 0 Å². The first-order chi connectivity index (χ1) is 12.9. The quantitative estimate of drug-likeness (QED) is 0.803. The minimum atomic E-state index is -0.00772. The Labute approximate surface area is 158 Å². The molecule has 1 fully saturated rings. The zero-order valence-corrected chi connectivity index (χ0v) is 16.0. The molecule has 0 saturated carbocycles. The van der Waals surface area contributed by atoms with Crippen molar-refractivity contribution in [1.82, 2.24) is 15.0 Å². The number of amides is 1. The SMILES string of the molecule is CC(C)c1nc(CN2C[C@](C)(Cc3ccc4c(c3)OCO4)CCC2=O)no1. The number of carbonyl (C=O) groups is 1. The first kappa shape index (κ1) is 17.8. The van der Waals surface area contributed by atoms with Gasteiger partial charge in [0.05, 0.1) is 6.54 Å². The smallest absolute Gasteiger partial charge is 0.231 e. The first-order valence-electron chi connectivity index (χ1n) is 9.41. The van der Waals surface area contributed by atoms with Crippen molar-refractivity contribution in [2.75, 3.05) is 13.3 Å². The fourth-order valence-corrected chi connectivity index (χ4v) is 3.76.